The summed E-state index contributed by atoms with van der Waals surface area (Å²) in [6.07, 6.45) is -8.25. The van der Waals surface area contributed by atoms with E-state index in [1.54, 1.807) is 27.7 Å². The van der Waals surface area contributed by atoms with Gasteiger partial charge in [0, 0.05) is 38.6 Å². The summed E-state index contributed by atoms with van der Waals surface area (Å²) in [6, 6.07) is -16.0. The summed E-state index contributed by atoms with van der Waals surface area (Å²) >= 11 is 0. The van der Waals surface area contributed by atoms with Gasteiger partial charge in [-0.3, -0.25) is 96.5 Å². The molecule has 0 fully saturated rings. The summed E-state index contributed by atoms with van der Waals surface area (Å²) in [6.45, 7) is 10.9. The number of guanidine groups is 1. The molecule has 0 bridgehead atoms. The minimum atomic E-state index is -2.00. The van der Waals surface area contributed by atoms with Gasteiger partial charge in [-0.05, 0) is 108 Å². The molecule has 46 heteroatoms. The SMILES string of the molecule is CC(C)C[C@H](NC(=O)[C@H](Cc1ccc(O)cc1)NC(=O)[C@H](C)NC(=O)[C@H](CCCNC(=N)N)NC(=O)[C@H](CC(C)C)NC(=O)[C@H](CCC(N)=O)NC(=O)[C@H](CCC(=O)O)NC(=O)[C@H](C)NC(=O)[C@@H](N)CCC(=O)O)C(=O)N[C@@H](CC(=O)O)C(=O)NCC(=O)N[C@H](C(=O)NCC(=O)N[C@H](C(=O)N[C@@H](CCC(=O)O)C(=O)O)C(C)C)[C@@H](C)O. The monoisotopic (exact) mass is 1650 g/mol. The first-order valence-corrected chi connectivity index (χ1v) is 36.9. The van der Waals surface area contributed by atoms with Gasteiger partial charge in [-0.1, -0.05) is 53.7 Å². The number of aromatic hydroxyl groups is 1. The van der Waals surface area contributed by atoms with Crippen LogP contribution in [-0.2, 0) is 102 Å². The Morgan fingerprint density at radius 2 is 0.767 bits per heavy atom. The van der Waals surface area contributed by atoms with Crippen molar-refractivity contribution in [3.8, 4) is 5.75 Å². The highest BCUT2D eigenvalue weighted by Gasteiger charge is 2.38. The van der Waals surface area contributed by atoms with Gasteiger partial charge in [-0.25, -0.2) is 4.79 Å². The van der Waals surface area contributed by atoms with Crippen LogP contribution in [0, 0.1) is 23.2 Å². The highest BCUT2D eigenvalue weighted by atomic mass is 16.4. The Hall–Kier alpha value is -12.4. The number of carboxylic acids is 5. The maximum atomic E-state index is 14.5. The zero-order valence-corrected chi connectivity index (χ0v) is 65.7. The summed E-state index contributed by atoms with van der Waals surface area (Å²) in [5, 5.41) is 110. The average Bonchev–Trinajstić information content (AvgIpc) is 0.858. The van der Waals surface area contributed by atoms with Crippen molar-refractivity contribution in [1.82, 2.24) is 79.8 Å². The van der Waals surface area contributed by atoms with E-state index in [2.05, 4.69) is 79.8 Å². The number of phenols is 1. The van der Waals surface area contributed by atoms with Crippen LogP contribution in [0.15, 0.2) is 24.3 Å². The molecule has 0 saturated carbocycles. The Balaban J connectivity index is 3.56. The summed E-state index contributed by atoms with van der Waals surface area (Å²) < 4.78 is 0. The van der Waals surface area contributed by atoms with Gasteiger partial charge in [0.1, 0.15) is 78.3 Å². The molecule has 116 heavy (non-hydrogen) atoms. The molecule has 46 nitrogen and oxygen atoms in total. The van der Waals surface area contributed by atoms with Crippen molar-refractivity contribution in [2.24, 2.45) is 35.0 Å². The van der Waals surface area contributed by atoms with E-state index in [0.29, 0.717) is 5.56 Å². The van der Waals surface area contributed by atoms with Crippen molar-refractivity contribution in [1.29, 1.82) is 5.41 Å². The van der Waals surface area contributed by atoms with Crippen molar-refractivity contribution in [3.05, 3.63) is 29.8 Å². The van der Waals surface area contributed by atoms with E-state index in [4.69, 9.17) is 32.8 Å². The smallest absolute Gasteiger partial charge is 0.326 e. The van der Waals surface area contributed by atoms with E-state index in [1.165, 1.54) is 52.0 Å². The number of benzene rings is 1. The second kappa shape index (κ2) is 51.4. The zero-order valence-electron chi connectivity index (χ0n) is 65.7. The number of carbonyl (C=O) groups is 20. The fraction of sp³-hybridized carbons (Fsp3) is 0.614. The van der Waals surface area contributed by atoms with Crippen LogP contribution in [0.3, 0.4) is 0 Å². The van der Waals surface area contributed by atoms with E-state index in [9.17, 15) is 121 Å². The second-order valence-electron chi connectivity index (χ2n) is 28.4. The molecule has 0 aliphatic rings. The molecule has 0 aliphatic heterocycles. The zero-order chi connectivity index (χ0) is 88.5. The molecular weight excluding hydrogens is 1540 g/mol. The second-order valence-corrected chi connectivity index (χ2v) is 28.4. The molecule has 0 unspecified atom stereocenters. The highest BCUT2D eigenvalue weighted by Crippen LogP contribution is 2.16. The minimum Gasteiger partial charge on any atom is -0.508 e. The van der Waals surface area contributed by atoms with Crippen LogP contribution in [0.25, 0.3) is 0 Å². The van der Waals surface area contributed by atoms with Gasteiger partial charge in [0.25, 0.3) is 0 Å². The van der Waals surface area contributed by atoms with Gasteiger partial charge < -0.3 is 133 Å². The van der Waals surface area contributed by atoms with Gasteiger partial charge in [-0.15, -0.1) is 0 Å². The molecule has 1 aromatic carbocycles. The van der Waals surface area contributed by atoms with Crippen molar-refractivity contribution >= 4 is 124 Å². The predicted molar refractivity (Wildman–Crippen MR) is 404 cm³/mol. The van der Waals surface area contributed by atoms with Gasteiger partial charge in [0.15, 0.2) is 5.96 Å². The first kappa shape index (κ1) is 102. The van der Waals surface area contributed by atoms with Crippen LogP contribution in [-0.4, -0.2) is 264 Å². The number of aliphatic carboxylic acids is 5. The number of phenolic OH excluding ortho intramolecular Hbond substituents is 1. The lowest BCUT2D eigenvalue weighted by atomic mass is 10.00. The van der Waals surface area contributed by atoms with Crippen LogP contribution in [0.1, 0.15) is 151 Å². The Morgan fingerprint density at radius 1 is 0.388 bits per heavy atom. The molecule has 648 valence electrons. The number of hydrogen-bond acceptors (Lipinski definition) is 24. The number of primary amides is 1. The third kappa shape index (κ3) is 40.9. The Kier molecular flexibility index (Phi) is 45.0. The van der Waals surface area contributed by atoms with Gasteiger partial charge in [0.2, 0.25) is 88.6 Å². The maximum absolute atomic E-state index is 14.5. The number of rotatable bonds is 55. The molecule has 15 amide bonds. The Bertz CT molecular complexity index is 3650. The van der Waals surface area contributed by atoms with Crippen molar-refractivity contribution in [2.45, 2.75) is 237 Å². The molecule has 1 aromatic rings. The van der Waals surface area contributed by atoms with E-state index in [1.807, 2.05) is 0 Å². The molecule has 0 aromatic heterocycles. The third-order valence-electron chi connectivity index (χ3n) is 16.9. The number of carboxylic acid groups (broad SMARTS) is 5. The van der Waals surface area contributed by atoms with Gasteiger partial charge in [-0.2, -0.15) is 0 Å². The van der Waals surface area contributed by atoms with Crippen LogP contribution in [0.2, 0.25) is 0 Å². The number of nitrogens with one attached hydrogen (secondary N) is 16. The van der Waals surface area contributed by atoms with E-state index in [-0.39, 0.29) is 50.8 Å². The molecule has 29 N–H and O–H groups in total. The Labute approximate surface area is 666 Å². The fourth-order valence-electron chi connectivity index (χ4n) is 10.6. The standard InChI is InChI=1S/C70H111N19O27/c1-31(2)25-44(85-63(109)41(17-20-48(72)92)82-62(108)42(18-22-52(97)98)80-57(103)34(7)78-59(105)39(71)16-21-51(95)96)64(110)81-40(11-10-24-75-70(73)74)61(107)79-35(8)58(104)84-46(27-37-12-14-38(91)15-13-37)66(112)86-45(26-32(3)4)65(111)87-47(28-54(101)102)60(106)76-29-50(94)89-56(36(9)90)67(113)77-30-49(93)88-55(33(5)6)68(114)83-43(69(115)116)19-23-53(99)100/h12-15,31-36,39-47,55-56,90-91H,10-11,16-30,71H2,1-9H3,(H2,72,92)(H,76,106)(H,77,113)(H,78,105)(H,79,107)(H,80,103)(H,81,110)(H,82,108)(H,83,114)(H,84,104)(H,85,109)(H,86,112)(H,87,111)(H,88,93)(H,89,94)(H,95,96)(H,97,98)(H,99,100)(H,101,102)(H,115,116)(H4,73,74,75)/t34-,35-,36+,39-,40-,41-,42-,43-,44-,45-,46-,47-,55-,56-/m0/s1. The number of carbonyl (C=O) groups excluding carboxylic acids is 15. The largest absolute Gasteiger partial charge is 0.508 e. The van der Waals surface area contributed by atoms with Crippen LogP contribution >= 0.6 is 0 Å². The first-order chi connectivity index (χ1) is 54.0. The Morgan fingerprint density at radius 3 is 1.21 bits per heavy atom. The lowest BCUT2D eigenvalue weighted by Gasteiger charge is -2.28. The van der Waals surface area contributed by atoms with Crippen LogP contribution in [0.5, 0.6) is 5.75 Å². The van der Waals surface area contributed by atoms with Crippen molar-refractivity contribution < 1.29 is 132 Å². The minimum absolute atomic E-state index is 0.0120. The summed E-state index contributed by atoms with van der Waals surface area (Å²) in [5.74, 6) is -25.8. The van der Waals surface area contributed by atoms with Crippen molar-refractivity contribution in [3.63, 3.8) is 0 Å². The molecule has 0 heterocycles. The van der Waals surface area contributed by atoms with Crippen LogP contribution < -0.4 is 97.0 Å². The third-order valence-corrected chi connectivity index (χ3v) is 16.9. The van der Waals surface area contributed by atoms with E-state index < -0.39 is 291 Å². The number of aliphatic hydroxyl groups is 1. The highest BCUT2D eigenvalue weighted by molar-refractivity contribution is 6.01. The van der Waals surface area contributed by atoms with Crippen LogP contribution in [0.4, 0.5) is 0 Å². The number of amides is 15. The fourth-order valence-corrected chi connectivity index (χ4v) is 10.6. The van der Waals surface area contributed by atoms with Crippen molar-refractivity contribution in [2.75, 3.05) is 19.6 Å². The summed E-state index contributed by atoms with van der Waals surface area (Å²) in [4.78, 5) is 262. The van der Waals surface area contributed by atoms with Gasteiger partial charge in [0.05, 0.1) is 31.7 Å². The maximum Gasteiger partial charge on any atom is 0.326 e. The van der Waals surface area contributed by atoms with E-state index in [0.717, 1.165) is 6.92 Å². The first-order valence-electron chi connectivity index (χ1n) is 36.9. The number of nitrogens with two attached hydrogens (primary N) is 3. The average molecular weight is 1650 g/mol. The van der Waals surface area contributed by atoms with E-state index >= 15 is 0 Å². The number of hydrogen-bond donors (Lipinski definition) is 26. The topological polar surface area (TPSA) is 765 Å². The summed E-state index contributed by atoms with van der Waals surface area (Å²) in [7, 11) is 0. The van der Waals surface area contributed by atoms with Gasteiger partial charge >= 0.3 is 29.8 Å². The quantitative estimate of drug-likeness (QED) is 0.0164. The molecular formula is C70H111N19O27. The summed E-state index contributed by atoms with van der Waals surface area (Å²) in [5.41, 5.74) is 16.9. The molecule has 1 rings (SSSR count). The molecule has 0 saturated heterocycles. The molecule has 0 aliphatic carbocycles. The molecule has 0 radical (unpaired) electrons. The lowest BCUT2D eigenvalue weighted by Crippen LogP contribution is -2.60. The molecule has 14 atom stereocenters. The number of aliphatic hydroxyl groups excluding tert-OH is 1. The molecule has 0 spiro atoms. The lowest BCUT2D eigenvalue weighted by molar-refractivity contribution is -0.144. The predicted octanol–water partition coefficient (Wildman–Crippen LogP) is -7.84. The normalized spacial score (nSPS) is 14.6.